The quantitative estimate of drug-likeness (QED) is 0.223. The Morgan fingerprint density at radius 1 is 0.696 bits per heavy atom. The SMILES string of the molecule is CCCCOC(=O)CC(C(=O)OCCCC)C(=O)OCCCC. The molecule has 0 unspecified atom stereocenters. The zero-order chi connectivity index (χ0) is 17.5. The summed E-state index contributed by atoms with van der Waals surface area (Å²) in [6.45, 7) is 6.67. The molecule has 0 aliphatic rings. The molecule has 0 aliphatic heterocycles. The van der Waals surface area contributed by atoms with Crippen molar-refractivity contribution in [2.24, 2.45) is 5.92 Å². The van der Waals surface area contributed by atoms with E-state index in [-0.39, 0.29) is 26.2 Å². The number of hydrogen-bond donors (Lipinski definition) is 0. The summed E-state index contributed by atoms with van der Waals surface area (Å²) in [6, 6.07) is 0. The van der Waals surface area contributed by atoms with Gasteiger partial charge in [0.05, 0.1) is 26.2 Å². The van der Waals surface area contributed by atoms with E-state index in [2.05, 4.69) is 0 Å². The van der Waals surface area contributed by atoms with E-state index in [1.54, 1.807) is 0 Å². The first-order valence-electron chi connectivity index (χ1n) is 8.55. The molecule has 0 heterocycles. The molecule has 0 spiro atoms. The molecule has 0 aromatic heterocycles. The molecule has 0 aliphatic carbocycles. The van der Waals surface area contributed by atoms with E-state index in [0.29, 0.717) is 12.8 Å². The minimum atomic E-state index is -1.24. The number of esters is 3. The highest BCUT2D eigenvalue weighted by Gasteiger charge is 2.32. The summed E-state index contributed by atoms with van der Waals surface area (Å²) in [5.74, 6) is -3.25. The van der Waals surface area contributed by atoms with E-state index in [1.807, 2.05) is 20.8 Å². The van der Waals surface area contributed by atoms with Gasteiger partial charge in [-0.05, 0) is 19.3 Å². The van der Waals surface area contributed by atoms with Crippen molar-refractivity contribution in [3.63, 3.8) is 0 Å². The Labute approximate surface area is 138 Å². The average molecular weight is 330 g/mol. The molecule has 6 nitrogen and oxygen atoms in total. The molecular weight excluding hydrogens is 300 g/mol. The minimum absolute atomic E-state index is 0.235. The molecular formula is C17H30O6. The van der Waals surface area contributed by atoms with Crippen LogP contribution in [-0.4, -0.2) is 37.7 Å². The molecule has 0 radical (unpaired) electrons. The topological polar surface area (TPSA) is 78.9 Å². The van der Waals surface area contributed by atoms with E-state index in [9.17, 15) is 14.4 Å². The molecule has 0 N–H and O–H groups in total. The van der Waals surface area contributed by atoms with Crippen molar-refractivity contribution in [3.05, 3.63) is 0 Å². The van der Waals surface area contributed by atoms with Gasteiger partial charge in [-0.3, -0.25) is 14.4 Å². The lowest BCUT2D eigenvalue weighted by molar-refractivity contribution is -0.167. The number of unbranched alkanes of at least 4 members (excludes halogenated alkanes) is 3. The molecule has 134 valence electrons. The average Bonchev–Trinajstić information content (AvgIpc) is 2.53. The third-order valence-corrected chi connectivity index (χ3v) is 3.19. The summed E-state index contributed by atoms with van der Waals surface area (Å²) in [7, 11) is 0. The van der Waals surface area contributed by atoms with Crippen LogP contribution < -0.4 is 0 Å². The molecule has 0 saturated heterocycles. The first-order valence-corrected chi connectivity index (χ1v) is 8.55. The van der Waals surface area contributed by atoms with Crippen molar-refractivity contribution >= 4 is 17.9 Å². The highest BCUT2D eigenvalue weighted by molar-refractivity contribution is 5.98. The second-order valence-electron chi connectivity index (χ2n) is 5.37. The summed E-state index contributed by atoms with van der Waals surface area (Å²) in [5.41, 5.74) is 0. The molecule has 0 aromatic carbocycles. The van der Waals surface area contributed by atoms with E-state index in [1.165, 1.54) is 0 Å². The Bertz CT molecular complexity index is 331. The van der Waals surface area contributed by atoms with Gasteiger partial charge in [-0.15, -0.1) is 0 Å². The van der Waals surface area contributed by atoms with Gasteiger partial charge in [0.1, 0.15) is 0 Å². The summed E-state index contributed by atoms with van der Waals surface area (Å²) in [6.07, 6.45) is 4.48. The lowest BCUT2D eigenvalue weighted by Crippen LogP contribution is -2.31. The fourth-order valence-electron chi connectivity index (χ4n) is 1.65. The molecule has 0 atom stereocenters. The fraction of sp³-hybridized carbons (Fsp3) is 0.824. The Morgan fingerprint density at radius 3 is 1.48 bits per heavy atom. The Balaban J connectivity index is 4.54. The van der Waals surface area contributed by atoms with Gasteiger partial charge in [-0.1, -0.05) is 40.0 Å². The molecule has 0 fully saturated rings. The maximum atomic E-state index is 12.0. The van der Waals surface area contributed by atoms with Gasteiger partial charge >= 0.3 is 17.9 Å². The Morgan fingerprint density at radius 2 is 1.09 bits per heavy atom. The van der Waals surface area contributed by atoms with Gasteiger partial charge < -0.3 is 14.2 Å². The van der Waals surface area contributed by atoms with Crippen LogP contribution in [0.4, 0.5) is 0 Å². The van der Waals surface area contributed by atoms with Crippen molar-refractivity contribution in [3.8, 4) is 0 Å². The van der Waals surface area contributed by atoms with Crippen molar-refractivity contribution in [1.29, 1.82) is 0 Å². The number of rotatable bonds is 13. The molecule has 0 saturated carbocycles. The lowest BCUT2D eigenvalue weighted by Gasteiger charge is -2.15. The summed E-state index contributed by atoms with van der Waals surface area (Å²) >= 11 is 0. The van der Waals surface area contributed by atoms with Crippen molar-refractivity contribution in [2.45, 2.75) is 65.7 Å². The van der Waals surface area contributed by atoms with E-state index >= 15 is 0 Å². The Kier molecular flexibility index (Phi) is 13.1. The van der Waals surface area contributed by atoms with Crippen molar-refractivity contribution < 1.29 is 28.6 Å². The number of hydrogen-bond acceptors (Lipinski definition) is 6. The highest BCUT2D eigenvalue weighted by Crippen LogP contribution is 2.12. The predicted octanol–water partition coefficient (Wildman–Crippen LogP) is 3.02. The summed E-state index contributed by atoms with van der Waals surface area (Å²) in [4.78, 5) is 35.8. The largest absolute Gasteiger partial charge is 0.466 e. The van der Waals surface area contributed by atoms with Crippen LogP contribution in [0, 0.1) is 5.92 Å². The molecule has 0 aromatic rings. The maximum absolute atomic E-state index is 12.0. The number of carbonyl (C=O) groups is 3. The highest BCUT2D eigenvalue weighted by atomic mass is 16.6. The monoisotopic (exact) mass is 330 g/mol. The minimum Gasteiger partial charge on any atom is -0.466 e. The smallest absolute Gasteiger partial charge is 0.320 e. The standard InChI is InChI=1S/C17H30O6/c1-4-7-10-21-15(18)13-14(16(19)22-11-8-5-2)17(20)23-12-9-6-3/h14H,4-13H2,1-3H3. The van der Waals surface area contributed by atoms with Gasteiger partial charge in [0, 0.05) is 0 Å². The normalized spacial score (nSPS) is 10.4. The zero-order valence-electron chi connectivity index (χ0n) is 14.6. The van der Waals surface area contributed by atoms with Crippen LogP contribution in [0.5, 0.6) is 0 Å². The molecule has 0 rings (SSSR count). The van der Waals surface area contributed by atoms with Crippen LogP contribution in [0.25, 0.3) is 0 Å². The first-order chi connectivity index (χ1) is 11.1. The molecule has 6 heteroatoms. The van der Waals surface area contributed by atoms with Crippen molar-refractivity contribution in [2.75, 3.05) is 19.8 Å². The van der Waals surface area contributed by atoms with Gasteiger partial charge in [-0.2, -0.15) is 0 Å². The second kappa shape index (κ2) is 14.0. The number of ether oxygens (including phenoxy) is 3. The molecule has 0 amide bonds. The van der Waals surface area contributed by atoms with E-state index in [0.717, 1.165) is 25.7 Å². The maximum Gasteiger partial charge on any atom is 0.320 e. The summed E-state index contributed by atoms with van der Waals surface area (Å²) < 4.78 is 15.1. The van der Waals surface area contributed by atoms with Gasteiger partial charge in [-0.25, -0.2) is 0 Å². The third-order valence-electron chi connectivity index (χ3n) is 3.19. The van der Waals surface area contributed by atoms with Gasteiger partial charge in [0.2, 0.25) is 0 Å². The third kappa shape index (κ3) is 10.7. The summed E-state index contributed by atoms with van der Waals surface area (Å²) in [5, 5.41) is 0. The fourth-order valence-corrected chi connectivity index (χ4v) is 1.65. The lowest BCUT2D eigenvalue weighted by atomic mass is 10.1. The van der Waals surface area contributed by atoms with Crippen LogP contribution >= 0.6 is 0 Å². The second-order valence-corrected chi connectivity index (χ2v) is 5.37. The van der Waals surface area contributed by atoms with E-state index < -0.39 is 23.8 Å². The number of carbonyl (C=O) groups excluding carboxylic acids is 3. The molecule has 23 heavy (non-hydrogen) atoms. The zero-order valence-corrected chi connectivity index (χ0v) is 14.6. The van der Waals surface area contributed by atoms with Crippen LogP contribution in [-0.2, 0) is 28.6 Å². The first kappa shape index (κ1) is 21.4. The van der Waals surface area contributed by atoms with Crippen LogP contribution in [0.2, 0.25) is 0 Å². The van der Waals surface area contributed by atoms with E-state index in [4.69, 9.17) is 14.2 Å². The Hall–Kier alpha value is -1.59. The van der Waals surface area contributed by atoms with Crippen LogP contribution in [0.3, 0.4) is 0 Å². The van der Waals surface area contributed by atoms with Crippen LogP contribution in [0.15, 0.2) is 0 Å². The van der Waals surface area contributed by atoms with Crippen molar-refractivity contribution in [1.82, 2.24) is 0 Å². The van der Waals surface area contributed by atoms with Gasteiger partial charge in [0.25, 0.3) is 0 Å². The predicted molar refractivity (Wildman–Crippen MR) is 85.7 cm³/mol. The molecule has 0 bridgehead atoms. The van der Waals surface area contributed by atoms with Gasteiger partial charge in [0.15, 0.2) is 5.92 Å². The van der Waals surface area contributed by atoms with Crippen LogP contribution in [0.1, 0.15) is 65.7 Å².